The number of amides is 1. The molecule has 14 nitrogen and oxygen atoms in total. The Kier molecular flexibility index (Phi) is 14.4. The summed E-state index contributed by atoms with van der Waals surface area (Å²) in [6, 6.07) is 16.9. The van der Waals surface area contributed by atoms with Crippen molar-refractivity contribution >= 4 is 40.7 Å². The lowest BCUT2D eigenvalue weighted by atomic mass is 9.84. The number of hydrazone groups is 1. The average Bonchev–Trinajstić information content (AvgIpc) is 4.00. The molecule has 1 saturated carbocycles. The third-order valence-electron chi connectivity index (χ3n) is 14.9. The first kappa shape index (κ1) is 46.4. The van der Waals surface area contributed by atoms with Crippen molar-refractivity contribution in [3.63, 3.8) is 0 Å². The predicted molar refractivity (Wildman–Crippen MR) is 257 cm³/mol. The van der Waals surface area contributed by atoms with Crippen molar-refractivity contribution in [1.29, 1.82) is 5.26 Å². The maximum absolute atomic E-state index is 13.4. The Morgan fingerprint density at radius 3 is 2.49 bits per heavy atom. The summed E-state index contributed by atoms with van der Waals surface area (Å²) in [4.78, 5) is 26.7. The van der Waals surface area contributed by atoms with Gasteiger partial charge in [-0.2, -0.15) is 10.4 Å². The Morgan fingerprint density at radius 1 is 1.03 bits per heavy atom. The first-order valence-electron chi connectivity index (χ1n) is 23.9. The highest BCUT2D eigenvalue weighted by Crippen LogP contribution is 2.49. The number of nitrogens with zero attached hydrogens (tertiary/aromatic N) is 7. The van der Waals surface area contributed by atoms with Gasteiger partial charge in [0.1, 0.15) is 23.8 Å². The molecule has 0 radical (unpaired) electrons. The van der Waals surface area contributed by atoms with Gasteiger partial charge in [-0.3, -0.25) is 34.8 Å². The number of piperazine rings is 1. The van der Waals surface area contributed by atoms with Crippen LogP contribution in [0, 0.1) is 35.0 Å². The van der Waals surface area contributed by atoms with Gasteiger partial charge in [0.2, 0.25) is 0 Å². The van der Waals surface area contributed by atoms with E-state index in [-0.39, 0.29) is 48.8 Å². The molecular weight excluding hydrogens is 858 g/mol. The summed E-state index contributed by atoms with van der Waals surface area (Å²) in [7, 11) is 2.00. The molecule has 4 N–H and O–H groups in total. The highest BCUT2D eigenvalue weighted by atomic mass is 35.5. The summed E-state index contributed by atoms with van der Waals surface area (Å²) in [6.45, 7) is 15.8. The smallest absolute Gasteiger partial charge is 0.267 e. The average molecular weight is 925 g/mol. The van der Waals surface area contributed by atoms with Crippen LogP contribution in [0.2, 0.25) is 5.02 Å². The molecule has 0 aromatic heterocycles. The molecule has 8 unspecified atom stereocenters. The number of carbonyl (C=O) groups is 1. The van der Waals surface area contributed by atoms with E-state index in [1.54, 1.807) is 18.2 Å². The Bertz CT molecular complexity index is 2190. The van der Waals surface area contributed by atoms with Crippen molar-refractivity contribution < 1.29 is 14.3 Å². The summed E-state index contributed by atoms with van der Waals surface area (Å²) < 4.78 is 12.2. The Morgan fingerprint density at radius 2 is 1.80 bits per heavy atom. The number of nitriles is 1. The largest absolute Gasteiger partial charge is 0.490 e. The zero-order valence-corrected chi connectivity index (χ0v) is 40.2. The van der Waals surface area contributed by atoms with Gasteiger partial charge < -0.3 is 14.8 Å². The number of carbonyl (C=O) groups excluding carboxylic acids is 1. The van der Waals surface area contributed by atoms with Crippen LogP contribution in [0.5, 0.6) is 5.75 Å². The number of hydrogen-bond donors (Lipinski definition) is 4. The van der Waals surface area contributed by atoms with E-state index in [0.29, 0.717) is 69.6 Å². The van der Waals surface area contributed by atoms with Crippen LogP contribution in [0.3, 0.4) is 0 Å². The third kappa shape index (κ3) is 10.1. The van der Waals surface area contributed by atoms with Crippen LogP contribution in [0.1, 0.15) is 96.3 Å². The Labute approximate surface area is 394 Å². The van der Waals surface area contributed by atoms with Crippen molar-refractivity contribution in [2.24, 2.45) is 21.9 Å². The summed E-state index contributed by atoms with van der Waals surface area (Å²) in [5, 5.41) is 24.0. The van der Waals surface area contributed by atoms with Crippen molar-refractivity contribution in [1.82, 2.24) is 41.2 Å². The molecule has 1 amide bonds. The van der Waals surface area contributed by atoms with Gasteiger partial charge in [0.25, 0.3) is 5.91 Å². The van der Waals surface area contributed by atoms with Gasteiger partial charge in [0.05, 0.1) is 59.8 Å². The van der Waals surface area contributed by atoms with Crippen LogP contribution in [-0.2, 0) is 9.53 Å². The molecule has 2 aromatic carbocycles. The minimum Gasteiger partial charge on any atom is -0.490 e. The molecule has 16 heteroatoms. The normalized spacial score (nSPS) is 35.5. The quantitative estimate of drug-likeness (QED) is 0.247. The van der Waals surface area contributed by atoms with Crippen molar-refractivity contribution in [2.75, 3.05) is 39.8 Å². The van der Waals surface area contributed by atoms with Crippen LogP contribution < -0.4 is 26.2 Å². The second-order valence-corrected chi connectivity index (χ2v) is 21.2. The third-order valence-corrected chi connectivity index (χ3v) is 16.9. The molecule has 5 fully saturated rings. The van der Waals surface area contributed by atoms with Gasteiger partial charge in [-0.25, -0.2) is 10.9 Å². The predicted octanol–water partition coefficient (Wildman–Crippen LogP) is 5.17. The van der Waals surface area contributed by atoms with Gasteiger partial charge in [-0.15, -0.1) is 11.8 Å². The number of hydrogen-bond acceptors (Lipinski definition) is 14. The van der Waals surface area contributed by atoms with Crippen LogP contribution in [0.4, 0.5) is 0 Å². The maximum atomic E-state index is 13.4. The van der Waals surface area contributed by atoms with E-state index < -0.39 is 0 Å². The number of ether oxygens (including phenoxy) is 2. The van der Waals surface area contributed by atoms with Crippen molar-refractivity contribution in [2.45, 2.75) is 145 Å². The SMILES string of the molecule is CC1SC2C(C(c3ccc(C#CCN4[C@H](C)CN(C5CCC(C(=O)NC6CCC(Oc7ccc(C#N)c(Cl)c7)CC6)=NN5C)C[C@@H]4C)cc3)=N[C@@H](CC3NCCO3)C3NNC(C)N23)C1C. The number of fused-ring (bicyclic) bond motifs is 3. The van der Waals surface area contributed by atoms with Gasteiger partial charge in [-0.1, -0.05) is 49.4 Å². The Balaban J connectivity index is 0.775. The van der Waals surface area contributed by atoms with Gasteiger partial charge in [0, 0.05) is 86.2 Å². The summed E-state index contributed by atoms with van der Waals surface area (Å²) in [6.07, 6.45) is 6.19. The minimum absolute atomic E-state index is 0.0167. The molecule has 6 aliphatic heterocycles. The lowest BCUT2D eigenvalue weighted by molar-refractivity contribution is -0.116. The summed E-state index contributed by atoms with van der Waals surface area (Å²) in [5.41, 5.74) is 11.6. The molecule has 7 aliphatic rings. The van der Waals surface area contributed by atoms with E-state index in [0.717, 1.165) is 70.3 Å². The van der Waals surface area contributed by atoms with E-state index in [4.69, 9.17) is 36.4 Å². The van der Waals surface area contributed by atoms with E-state index in [2.05, 4.69) is 125 Å². The fraction of sp³-hybridized carbons (Fsp3) is 0.633. The number of halogens is 1. The second-order valence-electron chi connectivity index (χ2n) is 19.3. The lowest BCUT2D eigenvalue weighted by Crippen LogP contribution is -2.61. The lowest BCUT2D eigenvalue weighted by Gasteiger charge is -2.48. The topological polar surface area (TPSA) is 145 Å². The van der Waals surface area contributed by atoms with Crippen LogP contribution in [0.15, 0.2) is 52.6 Å². The first-order valence-corrected chi connectivity index (χ1v) is 25.2. The number of hydrazine groups is 1. The molecule has 6 heterocycles. The zero-order chi connectivity index (χ0) is 45.4. The summed E-state index contributed by atoms with van der Waals surface area (Å²) >= 11 is 8.29. The number of benzene rings is 2. The second kappa shape index (κ2) is 20.2. The molecule has 348 valence electrons. The molecule has 2 aromatic rings. The monoisotopic (exact) mass is 923 g/mol. The molecule has 1 aliphatic carbocycles. The highest BCUT2D eigenvalue weighted by molar-refractivity contribution is 8.00. The fourth-order valence-electron chi connectivity index (χ4n) is 11.2. The van der Waals surface area contributed by atoms with Crippen molar-refractivity contribution in [3.8, 4) is 23.7 Å². The minimum atomic E-state index is -0.0657. The zero-order valence-electron chi connectivity index (χ0n) is 38.7. The molecule has 65 heavy (non-hydrogen) atoms. The van der Waals surface area contributed by atoms with Crippen LogP contribution in [0.25, 0.3) is 0 Å². The van der Waals surface area contributed by atoms with Gasteiger partial charge >= 0.3 is 0 Å². The molecule has 0 spiro atoms. The Hall–Kier alpha value is -3.74. The van der Waals surface area contributed by atoms with E-state index in [1.807, 2.05) is 12.1 Å². The molecule has 0 bridgehead atoms. The summed E-state index contributed by atoms with van der Waals surface area (Å²) in [5.74, 6) is 8.43. The van der Waals surface area contributed by atoms with E-state index in [1.165, 1.54) is 11.3 Å². The van der Waals surface area contributed by atoms with Gasteiger partial charge in [0.15, 0.2) is 0 Å². The molecule has 4 saturated heterocycles. The highest BCUT2D eigenvalue weighted by Gasteiger charge is 2.53. The van der Waals surface area contributed by atoms with Crippen LogP contribution >= 0.6 is 23.4 Å². The molecule has 9 rings (SSSR count). The standard InChI is InChI=1S/C49H66ClN11O3S/c1-29-27-59(44-20-19-41(57-58(44)6)48(62)53-37-14-17-38(18-15-37)64-39-16-13-36(26-51)40(50)24-39)28-30(2)60(29)22-7-8-34-9-11-35(12-10-34)46-45-31(3)32(4)65-49(45)61-33(5)55-56-47(61)42(54-46)25-43-52-21-23-63-43/h9-13,16,24,29-33,37-38,42-45,47,49,52,55-56H,14-15,17-23,25,27-28H2,1-6H3,(H,53,62)/t29-,30+,31?,32?,33?,37?,38?,42-,43?,44?,45?,47?,49?/m0/s1. The number of nitrogens with one attached hydrogen (secondary N) is 4. The first-order chi connectivity index (χ1) is 31.4. The fourth-order valence-corrected chi connectivity index (χ4v) is 13.3. The van der Waals surface area contributed by atoms with E-state index >= 15 is 0 Å². The maximum Gasteiger partial charge on any atom is 0.267 e. The van der Waals surface area contributed by atoms with Crippen LogP contribution in [-0.4, -0.2) is 142 Å². The van der Waals surface area contributed by atoms with E-state index in [9.17, 15) is 4.79 Å². The number of thioether (sulfide) groups is 1. The molecular formula is C49H66ClN11O3S. The number of aliphatic imine (C=N–C) groups is 1. The van der Waals surface area contributed by atoms with Crippen molar-refractivity contribution in [3.05, 3.63) is 64.2 Å². The number of rotatable bonds is 9. The molecule has 11 atom stereocenters. The van der Waals surface area contributed by atoms with Gasteiger partial charge in [-0.05, 0) is 88.6 Å².